The van der Waals surface area contributed by atoms with Crippen LogP contribution >= 0.6 is 22.6 Å². The predicted octanol–water partition coefficient (Wildman–Crippen LogP) is 4.72. The van der Waals surface area contributed by atoms with Gasteiger partial charge in [-0.15, -0.1) is 0 Å². The third-order valence-corrected chi connectivity index (χ3v) is 4.26. The van der Waals surface area contributed by atoms with Crippen LogP contribution in [-0.4, -0.2) is 9.97 Å². The van der Waals surface area contributed by atoms with E-state index in [0.29, 0.717) is 0 Å². The molecule has 0 aliphatic carbocycles. The van der Waals surface area contributed by atoms with Crippen molar-refractivity contribution in [2.45, 2.75) is 6.92 Å². The van der Waals surface area contributed by atoms with Gasteiger partial charge in [-0.05, 0) is 71.5 Å². The Morgan fingerprint density at radius 3 is 1.70 bits per heavy atom. The molecule has 0 atom stereocenters. The molecule has 0 saturated heterocycles. The van der Waals surface area contributed by atoms with Gasteiger partial charge in [-0.25, -0.2) is 0 Å². The van der Waals surface area contributed by atoms with Gasteiger partial charge in [-0.1, -0.05) is 12.1 Å². The zero-order chi connectivity index (χ0) is 13.9. The zero-order valence-electron chi connectivity index (χ0n) is 11.0. The van der Waals surface area contributed by atoms with Crippen LogP contribution in [0.15, 0.2) is 60.9 Å². The normalized spacial score (nSPS) is 10.5. The number of benzene rings is 1. The number of aryl methyl sites for hydroxylation is 1. The molecule has 3 aromatic rings. The van der Waals surface area contributed by atoms with Gasteiger partial charge in [-0.3, -0.25) is 9.97 Å². The number of halogens is 1. The summed E-state index contributed by atoms with van der Waals surface area (Å²) in [4.78, 5) is 8.92. The highest BCUT2D eigenvalue weighted by Gasteiger charge is 2.12. The molecule has 0 radical (unpaired) electrons. The van der Waals surface area contributed by atoms with Crippen LogP contribution in [0.25, 0.3) is 22.5 Å². The topological polar surface area (TPSA) is 25.8 Å². The zero-order valence-corrected chi connectivity index (χ0v) is 13.2. The first-order valence-electron chi connectivity index (χ1n) is 6.38. The molecular formula is C17H13IN2. The Bertz CT molecular complexity index is 664. The van der Waals surface area contributed by atoms with Crippen LogP contribution in [0.2, 0.25) is 0 Å². The average molecular weight is 372 g/mol. The third kappa shape index (κ3) is 2.58. The van der Waals surface area contributed by atoms with Gasteiger partial charge in [0, 0.05) is 27.1 Å². The molecule has 0 N–H and O–H groups in total. The van der Waals surface area contributed by atoms with E-state index in [2.05, 4.69) is 51.6 Å². The van der Waals surface area contributed by atoms with Crippen LogP contribution in [0.1, 0.15) is 5.56 Å². The quantitative estimate of drug-likeness (QED) is 0.609. The van der Waals surface area contributed by atoms with Crippen molar-refractivity contribution < 1.29 is 0 Å². The van der Waals surface area contributed by atoms with E-state index in [4.69, 9.17) is 0 Å². The van der Waals surface area contributed by atoms with Crippen LogP contribution in [0.3, 0.4) is 0 Å². The predicted molar refractivity (Wildman–Crippen MR) is 90.4 cm³/mol. The maximum atomic E-state index is 4.46. The second kappa shape index (κ2) is 5.71. The van der Waals surface area contributed by atoms with Gasteiger partial charge in [0.25, 0.3) is 0 Å². The Hall–Kier alpha value is -1.75. The van der Waals surface area contributed by atoms with Crippen molar-refractivity contribution >= 4 is 22.6 Å². The lowest BCUT2D eigenvalue weighted by Gasteiger charge is -2.11. The molecule has 2 nitrogen and oxygen atoms in total. The van der Waals surface area contributed by atoms with Crippen molar-refractivity contribution in [2.24, 2.45) is 0 Å². The third-order valence-electron chi connectivity index (χ3n) is 3.10. The Morgan fingerprint density at radius 2 is 1.30 bits per heavy atom. The second-order valence-corrected chi connectivity index (χ2v) is 5.68. The first-order valence-corrected chi connectivity index (χ1v) is 7.46. The molecule has 1 aromatic carbocycles. The van der Waals surface area contributed by atoms with Crippen LogP contribution in [0.4, 0.5) is 0 Å². The van der Waals surface area contributed by atoms with Crippen molar-refractivity contribution in [1.29, 1.82) is 0 Å². The second-order valence-electron chi connectivity index (χ2n) is 4.60. The van der Waals surface area contributed by atoms with E-state index in [1.165, 1.54) is 9.13 Å². The molecule has 0 fully saturated rings. The maximum absolute atomic E-state index is 4.46. The fourth-order valence-electron chi connectivity index (χ4n) is 2.19. The minimum absolute atomic E-state index is 0.998. The van der Waals surface area contributed by atoms with E-state index in [1.807, 2.05) is 48.8 Å². The minimum atomic E-state index is 0.998. The fraction of sp³-hybridized carbons (Fsp3) is 0.0588. The van der Waals surface area contributed by atoms with E-state index in [-0.39, 0.29) is 0 Å². The van der Waals surface area contributed by atoms with Crippen molar-refractivity contribution in [3.8, 4) is 22.5 Å². The Labute approximate surface area is 132 Å². The summed E-state index contributed by atoms with van der Waals surface area (Å²) >= 11 is 2.38. The SMILES string of the molecule is Cc1cc(-c2ccccn2)c(I)c(-c2ccccn2)c1. The highest BCUT2D eigenvalue weighted by atomic mass is 127. The molecule has 2 heterocycles. The van der Waals surface area contributed by atoms with Gasteiger partial charge in [0.2, 0.25) is 0 Å². The molecule has 0 aliphatic rings. The molecule has 0 spiro atoms. The Morgan fingerprint density at radius 1 is 0.800 bits per heavy atom. The molecule has 3 heteroatoms. The van der Waals surface area contributed by atoms with Crippen molar-refractivity contribution in [3.63, 3.8) is 0 Å². The van der Waals surface area contributed by atoms with Crippen LogP contribution in [0.5, 0.6) is 0 Å². The Balaban J connectivity index is 2.22. The number of hydrogen-bond donors (Lipinski definition) is 0. The summed E-state index contributed by atoms with van der Waals surface area (Å²) in [6, 6.07) is 16.3. The Kier molecular flexibility index (Phi) is 3.78. The minimum Gasteiger partial charge on any atom is -0.256 e. The van der Waals surface area contributed by atoms with Crippen molar-refractivity contribution in [1.82, 2.24) is 9.97 Å². The lowest BCUT2D eigenvalue weighted by Crippen LogP contribution is -1.93. The molecular weight excluding hydrogens is 359 g/mol. The fourth-order valence-corrected chi connectivity index (χ4v) is 3.05. The van der Waals surface area contributed by atoms with E-state index in [0.717, 1.165) is 22.5 Å². The van der Waals surface area contributed by atoms with Crippen molar-refractivity contribution in [3.05, 3.63) is 70.1 Å². The molecule has 3 rings (SSSR count). The summed E-state index contributed by atoms with van der Waals surface area (Å²) in [5.41, 5.74) is 5.53. The van der Waals surface area contributed by atoms with E-state index in [1.54, 1.807) is 0 Å². The van der Waals surface area contributed by atoms with Gasteiger partial charge < -0.3 is 0 Å². The first kappa shape index (κ1) is 13.2. The lowest BCUT2D eigenvalue weighted by atomic mass is 10.0. The summed E-state index contributed by atoms with van der Waals surface area (Å²) in [5, 5.41) is 0. The van der Waals surface area contributed by atoms with Crippen LogP contribution < -0.4 is 0 Å². The molecule has 0 saturated carbocycles. The van der Waals surface area contributed by atoms with Crippen molar-refractivity contribution in [2.75, 3.05) is 0 Å². The summed E-state index contributed by atoms with van der Waals surface area (Å²) < 4.78 is 1.19. The number of nitrogens with zero attached hydrogens (tertiary/aromatic N) is 2. The van der Waals surface area contributed by atoms with E-state index in [9.17, 15) is 0 Å². The first-order chi connectivity index (χ1) is 9.75. The number of aromatic nitrogens is 2. The van der Waals surface area contributed by atoms with Crippen LogP contribution in [-0.2, 0) is 0 Å². The highest BCUT2D eigenvalue weighted by molar-refractivity contribution is 14.1. The monoisotopic (exact) mass is 372 g/mol. The van der Waals surface area contributed by atoms with Gasteiger partial charge in [0.05, 0.1) is 11.4 Å². The highest BCUT2D eigenvalue weighted by Crippen LogP contribution is 2.33. The van der Waals surface area contributed by atoms with E-state index < -0.39 is 0 Å². The number of rotatable bonds is 2. The smallest absolute Gasteiger partial charge is 0.0712 e. The largest absolute Gasteiger partial charge is 0.256 e. The lowest BCUT2D eigenvalue weighted by molar-refractivity contribution is 1.29. The van der Waals surface area contributed by atoms with Gasteiger partial charge >= 0.3 is 0 Å². The standard InChI is InChI=1S/C17H13IN2/c1-12-10-13(15-6-2-4-8-19-15)17(18)14(11-12)16-7-3-5-9-20-16/h2-11H,1H3. The summed E-state index contributed by atoms with van der Waals surface area (Å²) in [6.07, 6.45) is 3.66. The molecule has 0 unspecified atom stereocenters. The molecule has 2 aromatic heterocycles. The van der Waals surface area contributed by atoms with Gasteiger partial charge in [0.15, 0.2) is 0 Å². The summed E-state index contributed by atoms with van der Waals surface area (Å²) in [5.74, 6) is 0. The molecule has 0 aliphatic heterocycles. The maximum Gasteiger partial charge on any atom is 0.0712 e. The molecule has 0 amide bonds. The van der Waals surface area contributed by atoms with Crippen LogP contribution in [0, 0.1) is 10.5 Å². The summed E-state index contributed by atoms with van der Waals surface area (Å²) in [6.45, 7) is 2.11. The van der Waals surface area contributed by atoms with E-state index >= 15 is 0 Å². The molecule has 0 bridgehead atoms. The van der Waals surface area contributed by atoms with Gasteiger partial charge in [-0.2, -0.15) is 0 Å². The number of hydrogen-bond acceptors (Lipinski definition) is 2. The number of pyridine rings is 2. The molecule has 20 heavy (non-hydrogen) atoms. The molecule has 98 valence electrons. The van der Waals surface area contributed by atoms with Gasteiger partial charge in [0.1, 0.15) is 0 Å². The summed E-state index contributed by atoms with van der Waals surface area (Å²) in [7, 11) is 0. The average Bonchev–Trinajstić information content (AvgIpc) is 2.51.